The number of nitrogens with zero attached hydrogens (tertiary/aromatic N) is 3. The normalized spacial score (nSPS) is 34.6. The topological polar surface area (TPSA) is 58.1 Å². The second kappa shape index (κ2) is 5.80. The van der Waals surface area contributed by atoms with E-state index in [1.807, 2.05) is 6.20 Å². The Balaban J connectivity index is 1.29. The molecule has 4 aliphatic rings. The van der Waals surface area contributed by atoms with E-state index in [-0.39, 0.29) is 0 Å². The summed E-state index contributed by atoms with van der Waals surface area (Å²) in [5.41, 5.74) is 2.31. The molecule has 0 aromatic carbocycles. The zero-order valence-electron chi connectivity index (χ0n) is 14.2. The lowest BCUT2D eigenvalue weighted by Crippen LogP contribution is -2.38. The van der Waals surface area contributed by atoms with Crippen LogP contribution in [0.4, 0.5) is 0 Å². The van der Waals surface area contributed by atoms with Crippen molar-refractivity contribution in [3.63, 3.8) is 0 Å². The van der Waals surface area contributed by atoms with E-state index in [0.29, 0.717) is 36.2 Å². The van der Waals surface area contributed by atoms with Crippen molar-refractivity contribution >= 4 is 5.91 Å². The van der Waals surface area contributed by atoms with Crippen LogP contribution in [0.25, 0.3) is 0 Å². The number of fused-ring (bicyclic) bond motifs is 2. The first kappa shape index (κ1) is 14.8. The van der Waals surface area contributed by atoms with E-state index < -0.39 is 0 Å². The van der Waals surface area contributed by atoms with Crippen molar-refractivity contribution < 1.29 is 4.79 Å². The molecule has 0 unspecified atom stereocenters. The summed E-state index contributed by atoms with van der Waals surface area (Å²) < 4.78 is 0. The molecule has 0 radical (unpaired) electrons. The van der Waals surface area contributed by atoms with Crippen LogP contribution in [0.2, 0.25) is 0 Å². The third-order valence-corrected chi connectivity index (χ3v) is 6.58. The van der Waals surface area contributed by atoms with E-state index in [0.717, 1.165) is 43.0 Å². The van der Waals surface area contributed by atoms with Crippen LogP contribution in [0.15, 0.2) is 6.20 Å². The molecule has 2 saturated carbocycles. The summed E-state index contributed by atoms with van der Waals surface area (Å²) in [6.07, 6.45) is 10.4. The minimum atomic E-state index is 0.324. The van der Waals surface area contributed by atoms with Gasteiger partial charge in [-0.25, -0.2) is 9.97 Å². The first-order valence-electron chi connectivity index (χ1n) is 9.68. The van der Waals surface area contributed by atoms with Crippen LogP contribution >= 0.6 is 0 Å². The minimum absolute atomic E-state index is 0.324. The van der Waals surface area contributed by atoms with Gasteiger partial charge in [0, 0.05) is 37.2 Å². The Kier molecular flexibility index (Phi) is 3.58. The van der Waals surface area contributed by atoms with Gasteiger partial charge in [0.1, 0.15) is 5.82 Å². The smallest absolute Gasteiger partial charge is 0.226 e. The SMILES string of the molecule is O=C(C1[C@@H]2CCCC[C@@H]12)N1CCc2nc([C@@H]3CCCN3)ncc2C1. The Labute approximate surface area is 143 Å². The van der Waals surface area contributed by atoms with Crippen LogP contribution in [0.1, 0.15) is 61.6 Å². The van der Waals surface area contributed by atoms with E-state index in [1.165, 1.54) is 32.1 Å². The van der Waals surface area contributed by atoms with Crippen molar-refractivity contribution in [2.75, 3.05) is 13.1 Å². The van der Waals surface area contributed by atoms with E-state index in [4.69, 9.17) is 4.98 Å². The monoisotopic (exact) mass is 326 g/mol. The number of carbonyl (C=O) groups is 1. The Morgan fingerprint density at radius 1 is 1.17 bits per heavy atom. The highest BCUT2D eigenvalue weighted by Crippen LogP contribution is 2.56. The van der Waals surface area contributed by atoms with Crippen molar-refractivity contribution in [3.8, 4) is 0 Å². The molecule has 1 saturated heterocycles. The summed E-state index contributed by atoms with van der Waals surface area (Å²) >= 11 is 0. The second-order valence-electron chi connectivity index (χ2n) is 8.00. The molecule has 0 bridgehead atoms. The van der Waals surface area contributed by atoms with E-state index >= 15 is 0 Å². The zero-order valence-corrected chi connectivity index (χ0v) is 14.2. The molecular formula is C19H26N4O. The van der Waals surface area contributed by atoms with Crippen molar-refractivity contribution in [2.45, 2.75) is 57.5 Å². The maximum atomic E-state index is 12.9. The summed E-state index contributed by atoms with van der Waals surface area (Å²) in [6, 6.07) is 0.324. The molecule has 2 aliphatic carbocycles. The summed E-state index contributed by atoms with van der Waals surface area (Å²) in [7, 11) is 0. The van der Waals surface area contributed by atoms with Crippen LogP contribution in [-0.4, -0.2) is 33.9 Å². The number of nitrogens with one attached hydrogen (secondary N) is 1. The molecule has 128 valence electrons. The molecule has 24 heavy (non-hydrogen) atoms. The number of rotatable bonds is 2. The predicted octanol–water partition coefficient (Wildman–Crippen LogP) is 2.22. The quantitative estimate of drug-likeness (QED) is 0.905. The van der Waals surface area contributed by atoms with Crippen molar-refractivity contribution in [3.05, 3.63) is 23.3 Å². The third-order valence-electron chi connectivity index (χ3n) is 6.58. The van der Waals surface area contributed by atoms with Gasteiger partial charge in [-0.05, 0) is 44.1 Å². The summed E-state index contributed by atoms with van der Waals surface area (Å²) in [5.74, 6) is 3.06. The van der Waals surface area contributed by atoms with Gasteiger partial charge in [-0.15, -0.1) is 0 Å². The number of aromatic nitrogens is 2. The molecule has 3 fully saturated rings. The summed E-state index contributed by atoms with van der Waals surface area (Å²) in [6.45, 7) is 2.61. The molecule has 3 heterocycles. The van der Waals surface area contributed by atoms with Crippen LogP contribution in [0.3, 0.4) is 0 Å². The average Bonchev–Trinajstić information content (AvgIpc) is 3.09. The van der Waals surface area contributed by atoms with Gasteiger partial charge in [0.2, 0.25) is 5.91 Å². The van der Waals surface area contributed by atoms with Gasteiger partial charge < -0.3 is 10.2 Å². The molecule has 5 nitrogen and oxygen atoms in total. The molecule has 2 aliphatic heterocycles. The zero-order chi connectivity index (χ0) is 16.1. The van der Waals surface area contributed by atoms with Crippen molar-refractivity contribution in [1.29, 1.82) is 0 Å². The molecular weight excluding hydrogens is 300 g/mol. The molecule has 1 amide bonds. The first-order valence-corrected chi connectivity index (χ1v) is 9.68. The average molecular weight is 326 g/mol. The largest absolute Gasteiger partial charge is 0.338 e. The highest BCUT2D eigenvalue weighted by atomic mass is 16.2. The third kappa shape index (κ3) is 2.44. The molecule has 1 aromatic rings. The van der Waals surface area contributed by atoms with E-state index in [9.17, 15) is 4.79 Å². The highest BCUT2D eigenvalue weighted by Gasteiger charge is 2.55. The number of hydrogen-bond donors (Lipinski definition) is 1. The highest BCUT2D eigenvalue weighted by molar-refractivity contribution is 5.82. The molecule has 5 rings (SSSR count). The fraction of sp³-hybridized carbons (Fsp3) is 0.737. The first-order chi connectivity index (χ1) is 11.8. The second-order valence-corrected chi connectivity index (χ2v) is 8.00. The van der Waals surface area contributed by atoms with Gasteiger partial charge in [-0.3, -0.25) is 4.79 Å². The summed E-state index contributed by atoms with van der Waals surface area (Å²) in [4.78, 5) is 24.4. The number of hydrogen-bond acceptors (Lipinski definition) is 4. The van der Waals surface area contributed by atoms with E-state index in [2.05, 4.69) is 15.2 Å². The van der Waals surface area contributed by atoms with Crippen LogP contribution in [-0.2, 0) is 17.8 Å². The number of carbonyl (C=O) groups excluding carboxylic acids is 1. The fourth-order valence-corrected chi connectivity index (χ4v) is 5.16. The van der Waals surface area contributed by atoms with Gasteiger partial charge in [0.25, 0.3) is 0 Å². The van der Waals surface area contributed by atoms with Crippen LogP contribution in [0, 0.1) is 17.8 Å². The minimum Gasteiger partial charge on any atom is -0.338 e. The number of amides is 1. The molecule has 0 spiro atoms. The van der Waals surface area contributed by atoms with Crippen molar-refractivity contribution in [1.82, 2.24) is 20.2 Å². The van der Waals surface area contributed by atoms with Gasteiger partial charge >= 0.3 is 0 Å². The maximum absolute atomic E-state index is 12.9. The molecule has 5 heteroatoms. The van der Waals surface area contributed by atoms with Crippen LogP contribution in [0.5, 0.6) is 0 Å². The summed E-state index contributed by atoms with van der Waals surface area (Å²) in [5, 5.41) is 3.47. The van der Waals surface area contributed by atoms with Gasteiger partial charge in [0.15, 0.2) is 0 Å². The Morgan fingerprint density at radius 3 is 2.75 bits per heavy atom. The van der Waals surface area contributed by atoms with Crippen LogP contribution < -0.4 is 5.32 Å². The van der Waals surface area contributed by atoms with E-state index in [1.54, 1.807) is 0 Å². The Bertz CT molecular complexity index is 643. The lowest BCUT2D eigenvalue weighted by atomic mass is 10.0. The fourth-order valence-electron chi connectivity index (χ4n) is 5.16. The standard InChI is InChI=1S/C19H26N4O/c24-19(17-13-4-1-2-5-14(13)17)23-9-7-15-12(11-23)10-21-18(22-15)16-6-3-8-20-16/h10,13-14,16-17,20H,1-9,11H2/t13-,14-,16+/m1/s1. The molecule has 1 N–H and O–H groups in total. The lowest BCUT2D eigenvalue weighted by molar-refractivity contribution is -0.134. The molecule has 3 atom stereocenters. The van der Waals surface area contributed by atoms with Gasteiger partial charge in [0.05, 0.1) is 11.7 Å². The lowest BCUT2D eigenvalue weighted by Gasteiger charge is -2.29. The van der Waals surface area contributed by atoms with Crippen molar-refractivity contribution in [2.24, 2.45) is 17.8 Å². The molecule has 1 aromatic heterocycles. The predicted molar refractivity (Wildman–Crippen MR) is 90.1 cm³/mol. The van der Waals surface area contributed by atoms with Gasteiger partial charge in [-0.2, -0.15) is 0 Å². The Morgan fingerprint density at radius 2 is 2.00 bits per heavy atom. The Hall–Kier alpha value is -1.49. The maximum Gasteiger partial charge on any atom is 0.226 e. The van der Waals surface area contributed by atoms with Gasteiger partial charge in [-0.1, -0.05) is 12.8 Å².